The number of hydrogen-bond donors (Lipinski definition) is 4. The predicted molar refractivity (Wildman–Crippen MR) is 85.5 cm³/mol. The first kappa shape index (κ1) is 17.2. The normalized spacial score (nSPS) is 10.5. The maximum absolute atomic E-state index is 11.9. The van der Waals surface area contributed by atoms with E-state index in [9.17, 15) is 19.2 Å². The summed E-state index contributed by atoms with van der Waals surface area (Å²) in [5.41, 5.74) is 0.790. The van der Waals surface area contributed by atoms with Gasteiger partial charge in [-0.3, -0.25) is 24.0 Å². The Hall–Kier alpha value is -3.17. The van der Waals surface area contributed by atoms with Crippen molar-refractivity contribution in [2.45, 2.75) is 33.9 Å². The number of hydrogen-bond acceptors (Lipinski definition) is 5. The monoisotopic (exact) mass is 334 g/mol. The molecule has 4 N–H and O–H groups in total. The molecule has 2 rings (SSSR count). The minimum Gasteiger partial charge on any atom is -0.344 e. The number of amides is 2. The Morgan fingerprint density at radius 2 is 1.96 bits per heavy atom. The Balaban J connectivity index is 2.02. The molecule has 0 aliphatic heterocycles. The molecule has 2 aromatic rings. The number of carbonyl (C=O) groups excluding carboxylic acids is 2. The van der Waals surface area contributed by atoms with Crippen LogP contribution in [0.3, 0.4) is 0 Å². The molecule has 0 saturated carbocycles. The molecule has 0 bridgehead atoms. The van der Waals surface area contributed by atoms with Gasteiger partial charge in [-0.05, 0) is 20.8 Å². The predicted octanol–water partition coefficient (Wildman–Crippen LogP) is -0.849. The molecular weight excluding hydrogens is 316 g/mol. The highest BCUT2D eigenvalue weighted by molar-refractivity contribution is 6.39. The first-order valence-corrected chi connectivity index (χ1v) is 7.27. The molecule has 0 spiro atoms. The zero-order chi connectivity index (χ0) is 17.9. The van der Waals surface area contributed by atoms with E-state index >= 15 is 0 Å². The number of rotatable bonds is 4. The van der Waals surface area contributed by atoms with Crippen LogP contribution in [0.2, 0.25) is 0 Å². The molecule has 0 fully saturated rings. The first-order valence-electron chi connectivity index (χ1n) is 7.27. The molecule has 24 heavy (non-hydrogen) atoms. The van der Waals surface area contributed by atoms with Crippen molar-refractivity contribution in [3.63, 3.8) is 0 Å². The van der Waals surface area contributed by atoms with E-state index in [4.69, 9.17) is 0 Å². The van der Waals surface area contributed by atoms with Crippen molar-refractivity contribution in [3.05, 3.63) is 44.0 Å². The van der Waals surface area contributed by atoms with Gasteiger partial charge in [0, 0.05) is 30.5 Å². The fourth-order valence-electron chi connectivity index (χ4n) is 2.23. The summed E-state index contributed by atoms with van der Waals surface area (Å²) in [7, 11) is 0. The summed E-state index contributed by atoms with van der Waals surface area (Å²) in [6, 6.07) is 0. The van der Waals surface area contributed by atoms with E-state index in [1.54, 1.807) is 4.68 Å². The van der Waals surface area contributed by atoms with E-state index in [0.717, 1.165) is 23.1 Å². The highest BCUT2D eigenvalue weighted by Crippen LogP contribution is 2.12. The van der Waals surface area contributed by atoms with E-state index in [2.05, 4.69) is 20.7 Å². The summed E-state index contributed by atoms with van der Waals surface area (Å²) in [6.45, 7) is 6.50. The van der Waals surface area contributed by atoms with Gasteiger partial charge in [-0.2, -0.15) is 5.10 Å². The van der Waals surface area contributed by atoms with Gasteiger partial charge in [0.1, 0.15) is 5.69 Å². The summed E-state index contributed by atoms with van der Waals surface area (Å²) in [5, 5.41) is 8.94. The molecule has 2 amide bonds. The summed E-state index contributed by atoms with van der Waals surface area (Å²) >= 11 is 0. The molecule has 2 aromatic heterocycles. The van der Waals surface area contributed by atoms with Crippen LogP contribution in [-0.2, 0) is 22.7 Å². The summed E-state index contributed by atoms with van der Waals surface area (Å²) in [5.74, 6) is -1.91. The van der Waals surface area contributed by atoms with Gasteiger partial charge < -0.3 is 15.6 Å². The summed E-state index contributed by atoms with van der Waals surface area (Å²) < 4.78 is 1.80. The SMILES string of the molecule is CCn1nc(C)c(CNC(=O)C(=O)Nc2c[nH]c(=O)[nH]c2=O)c1C. The molecule has 0 unspecified atom stereocenters. The van der Waals surface area contributed by atoms with Gasteiger partial charge in [-0.1, -0.05) is 0 Å². The second-order valence-electron chi connectivity index (χ2n) is 5.09. The van der Waals surface area contributed by atoms with Crippen LogP contribution in [0, 0.1) is 13.8 Å². The molecule has 0 saturated heterocycles. The molecular formula is C14H18N6O4. The minimum absolute atomic E-state index is 0.145. The maximum atomic E-state index is 11.9. The third-order valence-corrected chi connectivity index (χ3v) is 3.53. The van der Waals surface area contributed by atoms with Crippen LogP contribution in [0.15, 0.2) is 15.8 Å². The number of nitrogens with one attached hydrogen (secondary N) is 4. The van der Waals surface area contributed by atoms with Crippen molar-refractivity contribution in [1.29, 1.82) is 0 Å². The molecule has 0 aliphatic rings. The fraction of sp³-hybridized carbons (Fsp3) is 0.357. The van der Waals surface area contributed by atoms with Gasteiger partial charge in [0.2, 0.25) is 0 Å². The lowest BCUT2D eigenvalue weighted by molar-refractivity contribution is -0.136. The lowest BCUT2D eigenvalue weighted by Gasteiger charge is -2.06. The van der Waals surface area contributed by atoms with Crippen LogP contribution in [0.25, 0.3) is 0 Å². The first-order chi connectivity index (χ1) is 11.3. The Morgan fingerprint density at radius 1 is 1.25 bits per heavy atom. The van der Waals surface area contributed by atoms with E-state index in [0.29, 0.717) is 6.54 Å². The van der Waals surface area contributed by atoms with Crippen LogP contribution in [0.4, 0.5) is 5.69 Å². The smallest absolute Gasteiger partial charge is 0.325 e. The van der Waals surface area contributed by atoms with Crippen molar-refractivity contribution in [2.75, 3.05) is 5.32 Å². The number of nitrogens with zero attached hydrogens (tertiary/aromatic N) is 2. The Labute approximate surface area is 136 Å². The van der Waals surface area contributed by atoms with Crippen molar-refractivity contribution in [3.8, 4) is 0 Å². The van der Waals surface area contributed by atoms with E-state index < -0.39 is 23.1 Å². The standard InChI is InChI=1S/C14H18N6O4/c1-4-20-8(3)9(7(2)19-20)5-15-12(22)13(23)17-10-6-16-14(24)18-11(10)21/h6H,4-5H2,1-3H3,(H,15,22)(H,17,23)(H2,16,18,21,24). The van der Waals surface area contributed by atoms with Gasteiger partial charge in [0.05, 0.1) is 5.69 Å². The number of aryl methyl sites for hydroxylation is 2. The van der Waals surface area contributed by atoms with Crippen molar-refractivity contribution in [1.82, 2.24) is 25.1 Å². The third-order valence-electron chi connectivity index (χ3n) is 3.53. The largest absolute Gasteiger partial charge is 0.344 e. The van der Waals surface area contributed by atoms with Crippen LogP contribution in [0.1, 0.15) is 23.9 Å². The van der Waals surface area contributed by atoms with Crippen molar-refractivity contribution >= 4 is 17.5 Å². The van der Waals surface area contributed by atoms with Gasteiger partial charge >= 0.3 is 17.5 Å². The lowest BCUT2D eigenvalue weighted by atomic mass is 10.2. The number of H-pyrrole nitrogens is 2. The van der Waals surface area contributed by atoms with E-state index in [1.807, 2.05) is 25.8 Å². The summed E-state index contributed by atoms with van der Waals surface area (Å²) in [6.07, 6.45) is 1.02. The number of aromatic nitrogens is 4. The lowest BCUT2D eigenvalue weighted by Crippen LogP contribution is -2.37. The van der Waals surface area contributed by atoms with Gasteiger partial charge in [0.25, 0.3) is 5.56 Å². The second-order valence-corrected chi connectivity index (χ2v) is 5.09. The molecule has 10 nitrogen and oxygen atoms in total. The molecule has 0 radical (unpaired) electrons. The number of aromatic amines is 2. The Bertz CT molecular complexity index is 891. The average molecular weight is 334 g/mol. The fourth-order valence-corrected chi connectivity index (χ4v) is 2.23. The molecule has 0 aliphatic carbocycles. The topological polar surface area (TPSA) is 142 Å². The highest BCUT2D eigenvalue weighted by atomic mass is 16.2. The van der Waals surface area contributed by atoms with Crippen molar-refractivity contribution in [2.24, 2.45) is 0 Å². The Morgan fingerprint density at radius 3 is 2.54 bits per heavy atom. The highest BCUT2D eigenvalue weighted by Gasteiger charge is 2.17. The zero-order valence-electron chi connectivity index (χ0n) is 13.5. The van der Waals surface area contributed by atoms with Gasteiger partial charge in [0.15, 0.2) is 0 Å². The molecule has 2 heterocycles. The minimum atomic E-state index is -1.01. The number of carbonyl (C=O) groups is 2. The summed E-state index contributed by atoms with van der Waals surface area (Å²) in [4.78, 5) is 50.2. The number of anilines is 1. The molecule has 10 heteroatoms. The van der Waals surface area contributed by atoms with Crippen LogP contribution < -0.4 is 21.9 Å². The quantitative estimate of drug-likeness (QED) is 0.539. The molecule has 0 atom stereocenters. The molecule has 128 valence electrons. The van der Waals surface area contributed by atoms with Crippen molar-refractivity contribution < 1.29 is 9.59 Å². The van der Waals surface area contributed by atoms with E-state index in [1.165, 1.54) is 0 Å². The van der Waals surface area contributed by atoms with Gasteiger partial charge in [-0.15, -0.1) is 0 Å². The second kappa shape index (κ2) is 6.94. The van der Waals surface area contributed by atoms with Crippen LogP contribution >= 0.6 is 0 Å². The Kier molecular flexibility index (Phi) is 4.97. The van der Waals surface area contributed by atoms with Gasteiger partial charge in [-0.25, -0.2) is 4.79 Å². The van der Waals surface area contributed by atoms with Crippen LogP contribution in [-0.4, -0.2) is 31.6 Å². The van der Waals surface area contributed by atoms with Crippen LogP contribution in [0.5, 0.6) is 0 Å². The third kappa shape index (κ3) is 3.59. The molecule has 0 aromatic carbocycles. The zero-order valence-corrected chi connectivity index (χ0v) is 13.5. The maximum Gasteiger partial charge on any atom is 0.325 e. The van der Waals surface area contributed by atoms with E-state index in [-0.39, 0.29) is 12.2 Å². The average Bonchev–Trinajstić information content (AvgIpc) is 2.81.